The molecule has 1 aromatic carbocycles. The summed E-state index contributed by atoms with van der Waals surface area (Å²) < 4.78 is 5.76. The minimum absolute atomic E-state index is 0.136. The number of carbonyl (C=O) groups is 3. The number of amides is 1. The third-order valence-electron chi connectivity index (χ3n) is 4.24. The number of hydrogen-bond donors (Lipinski definition) is 0. The van der Waals surface area contributed by atoms with E-state index in [1.807, 2.05) is 13.8 Å². The van der Waals surface area contributed by atoms with Gasteiger partial charge in [0.15, 0.2) is 5.76 Å². The molecule has 1 aliphatic rings. The van der Waals surface area contributed by atoms with Crippen LogP contribution in [0.4, 0.5) is 0 Å². The molecule has 1 heterocycles. The van der Waals surface area contributed by atoms with Gasteiger partial charge in [-0.25, -0.2) is 0 Å². The molecule has 0 aliphatic heterocycles. The van der Waals surface area contributed by atoms with Gasteiger partial charge in [0.25, 0.3) is 5.91 Å². The highest BCUT2D eigenvalue weighted by Gasteiger charge is 2.37. The molecule has 5 nitrogen and oxygen atoms in total. The summed E-state index contributed by atoms with van der Waals surface area (Å²) in [5, 5.41) is 0. The molecule has 0 saturated carbocycles. The number of fused-ring (bicyclic) bond motifs is 3. The number of rotatable bonds is 3. The summed E-state index contributed by atoms with van der Waals surface area (Å²) in [6.45, 7) is 6.50. The van der Waals surface area contributed by atoms with E-state index in [0.717, 1.165) is 0 Å². The lowest BCUT2D eigenvalue weighted by Gasteiger charge is -2.17. The molecule has 0 radical (unpaired) electrons. The van der Waals surface area contributed by atoms with Crippen molar-refractivity contribution in [2.75, 3.05) is 13.1 Å². The summed E-state index contributed by atoms with van der Waals surface area (Å²) in [7, 11) is 0. The minimum Gasteiger partial charge on any atom is -0.450 e. The Morgan fingerprint density at radius 2 is 1.65 bits per heavy atom. The lowest BCUT2D eigenvalue weighted by Crippen LogP contribution is -2.30. The second-order valence-corrected chi connectivity index (χ2v) is 5.44. The third-order valence-corrected chi connectivity index (χ3v) is 4.24. The van der Waals surface area contributed by atoms with Gasteiger partial charge in [0.05, 0.1) is 5.56 Å². The lowest BCUT2D eigenvalue weighted by atomic mass is 9.87. The van der Waals surface area contributed by atoms with Crippen LogP contribution in [0.3, 0.4) is 0 Å². The maximum Gasteiger partial charge on any atom is 0.289 e. The van der Waals surface area contributed by atoms with Crippen molar-refractivity contribution in [3.8, 4) is 11.3 Å². The minimum atomic E-state index is -0.612. The van der Waals surface area contributed by atoms with Crippen molar-refractivity contribution in [1.29, 1.82) is 0 Å². The van der Waals surface area contributed by atoms with E-state index in [-0.39, 0.29) is 17.2 Å². The fourth-order valence-corrected chi connectivity index (χ4v) is 2.95. The van der Waals surface area contributed by atoms with Crippen molar-refractivity contribution in [1.82, 2.24) is 4.90 Å². The predicted molar refractivity (Wildman–Crippen MR) is 84.8 cm³/mol. The van der Waals surface area contributed by atoms with E-state index in [1.54, 1.807) is 36.1 Å². The highest BCUT2D eigenvalue weighted by Crippen LogP contribution is 2.38. The number of ketones is 2. The average molecular weight is 311 g/mol. The molecule has 23 heavy (non-hydrogen) atoms. The molecule has 0 fully saturated rings. The molecule has 0 N–H and O–H groups in total. The zero-order valence-electron chi connectivity index (χ0n) is 13.3. The molecule has 118 valence electrons. The first-order chi connectivity index (χ1) is 11.0. The molecule has 2 aromatic rings. The van der Waals surface area contributed by atoms with Crippen LogP contribution in [0.25, 0.3) is 11.3 Å². The summed E-state index contributed by atoms with van der Waals surface area (Å²) in [4.78, 5) is 38.9. The van der Waals surface area contributed by atoms with E-state index in [9.17, 15) is 14.4 Å². The molecule has 0 saturated heterocycles. The van der Waals surface area contributed by atoms with E-state index in [0.29, 0.717) is 35.5 Å². The van der Waals surface area contributed by atoms with Gasteiger partial charge in [-0.05, 0) is 20.8 Å². The van der Waals surface area contributed by atoms with Gasteiger partial charge in [-0.15, -0.1) is 0 Å². The molecule has 0 atom stereocenters. The van der Waals surface area contributed by atoms with Gasteiger partial charge in [0, 0.05) is 29.8 Å². The van der Waals surface area contributed by atoms with Gasteiger partial charge >= 0.3 is 0 Å². The van der Waals surface area contributed by atoms with Gasteiger partial charge in [-0.3, -0.25) is 14.4 Å². The molecule has 0 bridgehead atoms. The molecule has 5 heteroatoms. The highest BCUT2D eigenvalue weighted by molar-refractivity contribution is 6.53. The maximum atomic E-state index is 12.6. The quantitative estimate of drug-likeness (QED) is 0.817. The first kappa shape index (κ1) is 15.2. The van der Waals surface area contributed by atoms with E-state index < -0.39 is 11.6 Å². The number of furan rings is 1. The largest absolute Gasteiger partial charge is 0.450 e. The first-order valence-electron chi connectivity index (χ1n) is 7.62. The van der Waals surface area contributed by atoms with Crippen molar-refractivity contribution in [2.45, 2.75) is 20.8 Å². The van der Waals surface area contributed by atoms with Crippen molar-refractivity contribution in [3.63, 3.8) is 0 Å². The number of carbonyl (C=O) groups excluding carboxylic acids is 3. The van der Waals surface area contributed by atoms with Crippen LogP contribution in [0.1, 0.15) is 50.7 Å². The van der Waals surface area contributed by atoms with Crippen molar-refractivity contribution in [3.05, 3.63) is 46.7 Å². The topological polar surface area (TPSA) is 67.6 Å². The van der Waals surface area contributed by atoms with E-state index >= 15 is 0 Å². The van der Waals surface area contributed by atoms with Crippen LogP contribution >= 0.6 is 0 Å². The Bertz CT molecular complexity index is 828. The van der Waals surface area contributed by atoms with E-state index in [4.69, 9.17) is 4.42 Å². The van der Waals surface area contributed by atoms with Crippen LogP contribution < -0.4 is 0 Å². The monoisotopic (exact) mass is 311 g/mol. The average Bonchev–Trinajstić information content (AvgIpc) is 2.91. The predicted octanol–water partition coefficient (Wildman–Crippen LogP) is 3.12. The van der Waals surface area contributed by atoms with Crippen LogP contribution in [-0.2, 0) is 0 Å². The summed E-state index contributed by atoms with van der Waals surface area (Å²) in [5.41, 5.74) is 1.53. The highest BCUT2D eigenvalue weighted by atomic mass is 16.4. The van der Waals surface area contributed by atoms with Gasteiger partial charge in [0.2, 0.25) is 11.6 Å². The third kappa shape index (κ3) is 2.11. The number of hydrogen-bond acceptors (Lipinski definition) is 4. The van der Waals surface area contributed by atoms with Crippen molar-refractivity contribution >= 4 is 17.5 Å². The van der Waals surface area contributed by atoms with Crippen molar-refractivity contribution in [2.24, 2.45) is 0 Å². The van der Waals surface area contributed by atoms with Crippen LogP contribution in [0.5, 0.6) is 0 Å². The Labute approximate surface area is 133 Å². The summed E-state index contributed by atoms with van der Waals surface area (Å²) in [6, 6.07) is 6.80. The SMILES string of the molecule is CCN(CC)C(=O)c1oc2c(c1C)C(=O)C(=O)c1ccccc1-2. The maximum absolute atomic E-state index is 12.6. The normalized spacial score (nSPS) is 12.8. The molecule has 1 aliphatic carbocycles. The Hall–Kier alpha value is -2.69. The number of Topliss-reactive ketones (excluding diaryl/α,β-unsaturated/α-hetero) is 2. The Morgan fingerprint density at radius 3 is 2.26 bits per heavy atom. The Balaban J connectivity index is 2.22. The summed E-state index contributed by atoms with van der Waals surface area (Å²) >= 11 is 0. The molecule has 0 spiro atoms. The second-order valence-electron chi connectivity index (χ2n) is 5.44. The zero-order valence-corrected chi connectivity index (χ0v) is 13.3. The van der Waals surface area contributed by atoms with E-state index in [2.05, 4.69) is 0 Å². The van der Waals surface area contributed by atoms with E-state index in [1.165, 1.54) is 0 Å². The molecule has 3 rings (SSSR count). The molecular formula is C18H17NO4. The summed E-state index contributed by atoms with van der Waals surface area (Å²) in [5.74, 6) is -0.980. The van der Waals surface area contributed by atoms with Crippen LogP contribution in [0.15, 0.2) is 28.7 Å². The number of nitrogens with zero attached hydrogens (tertiary/aromatic N) is 1. The van der Waals surface area contributed by atoms with Crippen LogP contribution in [0.2, 0.25) is 0 Å². The Kier molecular flexibility index (Phi) is 3.64. The molecule has 0 unspecified atom stereocenters. The second kappa shape index (κ2) is 5.50. The van der Waals surface area contributed by atoms with Gasteiger partial charge in [-0.2, -0.15) is 0 Å². The number of benzene rings is 1. The molecular weight excluding hydrogens is 294 g/mol. The molecule has 1 amide bonds. The standard InChI is InChI=1S/C18H17NO4/c1-4-19(5-2)18(22)16-10(3)13-15(21)14(20)11-8-6-7-9-12(11)17(13)23-16/h6-9H,4-5H2,1-3H3. The first-order valence-corrected chi connectivity index (χ1v) is 7.62. The lowest BCUT2D eigenvalue weighted by molar-refractivity contribution is 0.0741. The summed E-state index contributed by atoms with van der Waals surface area (Å²) in [6.07, 6.45) is 0. The zero-order chi connectivity index (χ0) is 16.7. The van der Waals surface area contributed by atoms with Gasteiger partial charge in [-0.1, -0.05) is 24.3 Å². The fraction of sp³-hybridized carbons (Fsp3) is 0.278. The van der Waals surface area contributed by atoms with Crippen molar-refractivity contribution < 1.29 is 18.8 Å². The fourth-order valence-electron chi connectivity index (χ4n) is 2.95. The Morgan fingerprint density at radius 1 is 1.04 bits per heavy atom. The van der Waals surface area contributed by atoms with Crippen LogP contribution in [0, 0.1) is 6.92 Å². The smallest absolute Gasteiger partial charge is 0.289 e. The van der Waals surface area contributed by atoms with Gasteiger partial charge < -0.3 is 9.32 Å². The van der Waals surface area contributed by atoms with Crippen LogP contribution in [-0.4, -0.2) is 35.5 Å². The van der Waals surface area contributed by atoms with Gasteiger partial charge in [0.1, 0.15) is 5.76 Å². The molecule has 1 aromatic heterocycles.